The first-order valence-corrected chi connectivity index (χ1v) is 6.88. The number of nitrogens with zero attached hydrogens (tertiary/aromatic N) is 2. The zero-order chi connectivity index (χ0) is 14.1. The third-order valence-corrected chi connectivity index (χ3v) is 3.94. The number of hydrogen-bond donors (Lipinski definition) is 0. The number of benzene rings is 1. The van der Waals surface area contributed by atoms with Crippen LogP contribution in [0.1, 0.15) is 17.7 Å². The van der Waals surface area contributed by atoms with Gasteiger partial charge in [-0.15, -0.1) is 0 Å². The summed E-state index contributed by atoms with van der Waals surface area (Å²) in [6.07, 6.45) is 3.41. The largest absolute Gasteiger partial charge is 0.469 e. The molecule has 2 aromatic rings. The van der Waals surface area contributed by atoms with E-state index in [1.807, 2.05) is 6.20 Å². The van der Waals surface area contributed by atoms with E-state index in [2.05, 4.69) is 40.7 Å². The third-order valence-electron chi connectivity index (χ3n) is 3.94. The van der Waals surface area contributed by atoms with E-state index in [1.165, 1.54) is 12.7 Å². The number of carbonyl (C=O) groups excluding carboxylic acids is 1. The highest BCUT2D eigenvalue weighted by molar-refractivity contribution is 5.73. The average Bonchev–Trinajstić information content (AvgIpc) is 2.90. The van der Waals surface area contributed by atoms with Crippen molar-refractivity contribution in [2.75, 3.05) is 7.11 Å². The van der Waals surface area contributed by atoms with E-state index in [9.17, 15) is 4.79 Å². The summed E-state index contributed by atoms with van der Waals surface area (Å²) in [5.41, 5.74) is 3.48. The minimum absolute atomic E-state index is 0.0323. The Balaban J connectivity index is 1.90. The monoisotopic (exact) mass is 270 g/mol. The Bertz CT molecular complexity index is 628. The number of esters is 1. The number of ether oxygens (including phenoxy) is 1. The van der Waals surface area contributed by atoms with E-state index in [4.69, 9.17) is 4.74 Å². The first kappa shape index (κ1) is 12.9. The summed E-state index contributed by atoms with van der Waals surface area (Å²) in [6, 6.07) is 8.38. The second-order valence-corrected chi connectivity index (χ2v) is 5.30. The average molecular weight is 270 g/mol. The van der Waals surface area contributed by atoms with Crippen molar-refractivity contribution >= 4 is 5.97 Å². The molecule has 1 aliphatic rings. The van der Waals surface area contributed by atoms with Gasteiger partial charge in [0, 0.05) is 30.4 Å². The number of methoxy groups -OCH3 is 1. The van der Waals surface area contributed by atoms with Crippen LogP contribution >= 0.6 is 0 Å². The Morgan fingerprint density at radius 3 is 2.80 bits per heavy atom. The van der Waals surface area contributed by atoms with Crippen molar-refractivity contribution in [3.8, 4) is 11.4 Å². The second-order valence-electron chi connectivity index (χ2n) is 5.30. The molecule has 1 atom stereocenters. The maximum Gasteiger partial charge on any atom is 0.309 e. The van der Waals surface area contributed by atoms with Crippen molar-refractivity contribution in [1.29, 1.82) is 0 Å². The molecule has 0 N–H and O–H groups in total. The number of fused-ring (bicyclic) bond motifs is 1. The van der Waals surface area contributed by atoms with E-state index in [0.29, 0.717) is 6.42 Å². The molecule has 0 saturated heterocycles. The highest BCUT2D eigenvalue weighted by Crippen LogP contribution is 2.27. The van der Waals surface area contributed by atoms with Gasteiger partial charge in [0.15, 0.2) is 0 Å². The lowest BCUT2D eigenvalue weighted by Crippen LogP contribution is -2.26. The van der Waals surface area contributed by atoms with Gasteiger partial charge in [0.05, 0.1) is 13.0 Å². The van der Waals surface area contributed by atoms with Gasteiger partial charge in [-0.2, -0.15) is 0 Å². The maximum atomic E-state index is 11.6. The van der Waals surface area contributed by atoms with Crippen LogP contribution in [0.5, 0.6) is 0 Å². The first-order chi connectivity index (χ1) is 9.69. The highest BCUT2D eigenvalue weighted by atomic mass is 16.5. The van der Waals surface area contributed by atoms with E-state index in [-0.39, 0.29) is 11.9 Å². The lowest BCUT2D eigenvalue weighted by molar-refractivity contribution is -0.146. The molecular weight excluding hydrogens is 252 g/mol. The molecule has 1 aromatic carbocycles. The Hall–Kier alpha value is -2.10. The lowest BCUT2D eigenvalue weighted by Gasteiger charge is -2.23. The molecule has 0 aliphatic carbocycles. The number of aryl methyl sites for hydroxylation is 1. The Morgan fingerprint density at radius 2 is 2.10 bits per heavy atom. The van der Waals surface area contributed by atoms with Crippen molar-refractivity contribution in [2.45, 2.75) is 26.3 Å². The minimum atomic E-state index is -0.116. The van der Waals surface area contributed by atoms with Crippen LogP contribution in [0.3, 0.4) is 0 Å². The summed E-state index contributed by atoms with van der Waals surface area (Å²) in [5.74, 6) is 0.840. The molecule has 1 aromatic heterocycles. The van der Waals surface area contributed by atoms with E-state index in [1.54, 1.807) is 0 Å². The Kier molecular flexibility index (Phi) is 3.30. The van der Waals surface area contributed by atoms with Gasteiger partial charge in [-0.3, -0.25) is 4.79 Å². The van der Waals surface area contributed by atoms with Gasteiger partial charge in [0.2, 0.25) is 0 Å². The van der Waals surface area contributed by atoms with Crippen LogP contribution in [0.15, 0.2) is 30.5 Å². The van der Waals surface area contributed by atoms with Crippen LogP contribution in [-0.2, 0) is 22.5 Å². The summed E-state index contributed by atoms with van der Waals surface area (Å²) in [7, 11) is 1.45. The van der Waals surface area contributed by atoms with Gasteiger partial charge < -0.3 is 9.30 Å². The van der Waals surface area contributed by atoms with Gasteiger partial charge in [-0.05, 0) is 13.3 Å². The van der Waals surface area contributed by atoms with Crippen molar-refractivity contribution in [1.82, 2.24) is 9.55 Å². The quantitative estimate of drug-likeness (QED) is 0.788. The van der Waals surface area contributed by atoms with Gasteiger partial charge in [0.25, 0.3) is 0 Å². The Labute approximate surface area is 118 Å². The smallest absolute Gasteiger partial charge is 0.309 e. The molecule has 0 fully saturated rings. The molecule has 0 bridgehead atoms. The summed E-state index contributed by atoms with van der Waals surface area (Å²) in [4.78, 5) is 16.2. The second kappa shape index (κ2) is 5.12. The zero-order valence-electron chi connectivity index (χ0n) is 11.8. The van der Waals surface area contributed by atoms with Crippen LogP contribution in [0.4, 0.5) is 0 Å². The van der Waals surface area contributed by atoms with Gasteiger partial charge >= 0.3 is 5.97 Å². The van der Waals surface area contributed by atoms with E-state index < -0.39 is 0 Å². The molecule has 0 spiro atoms. The molecule has 4 heteroatoms. The van der Waals surface area contributed by atoms with Gasteiger partial charge in [-0.25, -0.2) is 4.98 Å². The summed E-state index contributed by atoms with van der Waals surface area (Å²) < 4.78 is 7.05. The number of aromatic nitrogens is 2. The minimum Gasteiger partial charge on any atom is -0.469 e. The van der Waals surface area contributed by atoms with E-state index >= 15 is 0 Å². The summed E-state index contributed by atoms with van der Waals surface area (Å²) in [6.45, 7) is 2.89. The summed E-state index contributed by atoms with van der Waals surface area (Å²) >= 11 is 0. The fourth-order valence-corrected chi connectivity index (χ4v) is 2.76. The van der Waals surface area contributed by atoms with Crippen molar-refractivity contribution in [3.63, 3.8) is 0 Å². The molecule has 20 heavy (non-hydrogen) atoms. The number of carbonyl (C=O) groups is 1. The fraction of sp³-hybridized carbons (Fsp3) is 0.375. The lowest BCUT2D eigenvalue weighted by atomic mass is 9.96. The molecule has 1 unspecified atom stereocenters. The van der Waals surface area contributed by atoms with Crippen LogP contribution < -0.4 is 0 Å². The molecule has 0 saturated carbocycles. The Morgan fingerprint density at radius 1 is 1.35 bits per heavy atom. The first-order valence-electron chi connectivity index (χ1n) is 6.88. The van der Waals surface area contributed by atoms with Crippen LogP contribution in [0, 0.1) is 12.8 Å². The van der Waals surface area contributed by atoms with E-state index in [0.717, 1.165) is 30.0 Å². The van der Waals surface area contributed by atoms with Crippen molar-refractivity contribution in [2.24, 2.45) is 5.92 Å². The molecule has 104 valence electrons. The summed E-state index contributed by atoms with van der Waals surface area (Å²) in [5, 5.41) is 0. The third kappa shape index (κ3) is 2.22. The van der Waals surface area contributed by atoms with Crippen LogP contribution in [0.25, 0.3) is 11.4 Å². The van der Waals surface area contributed by atoms with Crippen molar-refractivity contribution in [3.05, 3.63) is 41.7 Å². The predicted molar refractivity (Wildman–Crippen MR) is 76.2 cm³/mol. The molecule has 3 rings (SSSR count). The number of hydrogen-bond acceptors (Lipinski definition) is 3. The number of rotatable bonds is 2. The van der Waals surface area contributed by atoms with Crippen LogP contribution in [-0.4, -0.2) is 22.6 Å². The van der Waals surface area contributed by atoms with Crippen molar-refractivity contribution < 1.29 is 9.53 Å². The fourth-order valence-electron chi connectivity index (χ4n) is 2.76. The zero-order valence-corrected chi connectivity index (χ0v) is 11.8. The molecule has 2 heterocycles. The molecule has 4 nitrogen and oxygen atoms in total. The molecular formula is C16H18N2O2. The van der Waals surface area contributed by atoms with Gasteiger partial charge in [0.1, 0.15) is 5.82 Å². The standard InChI is InChI=1S/C16H18N2O2/c1-11-3-5-12(6-4-11)15-17-10-14-9-13(16(19)20-2)7-8-18(14)15/h3-6,10,13H,7-9H2,1-2H3. The SMILES string of the molecule is COC(=O)C1CCn2c(cnc2-c2ccc(C)cc2)C1. The molecule has 0 radical (unpaired) electrons. The topological polar surface area (TPSA) is 44.1 Å². The molecule has 0 amide bonds. The normalized spacial score (nSPS) is 17.6. The van der Waals surface area contributed by atoms with Gasteiger partial charge in [-0.1, -0.05) is 29.8 Å². The molecule has 1 aliphatic heterocycles. The van der Waals surface area contributed by atoms with Crippen LogP contribution in [0.2, 0.25) is 0 Å². The predicted octanol–water partition coefficient (Wildman–Crippen LogP) is 2.59. The highest BCUT2D eigenvalue weighted by Gasteiger charge is 2.27. The maximum absolute atomic E-state index is 11.6. The number of imidazole rings is 1.